The number of amidine groups is 1. The second-order valence-electron chi connectivity index (χ2n) is 2.86. The summed E-state index contributed by atoms with van der Waals surface area (Å²) in [6, 6.07) is 0. The van der Waals surface area contributed by atoms with Crippen LogP contribution in [0.15, 0.2) is 33.2 Å². The third-order valence-corrected chi connectivity index (χ3v) is 2.12. The molecule has 13 heavy (non-hydrogen) atoms. The second-order valence-corrected chi connectivity index (χ2v) is 2.86. The van der Waals surface area contributed by atoms with Gasteiger partial charge in [0.1, 0.15) is 5.76 Å². The van der Waals surface area contributed by atoms with E-state index in [1.807, 2.05) is 0 Å². The lowest BCUT2D eigenvalue weighted by Crippen LogP contribution is -2.36. The lowest BCUT2D eigenvalue weighted by Gasteiger charge is -2.28. The number of hydrogen-bond donors (Lipinski definition) is 2. The Bertz CT molecular complexity index is 353. The van der Waals surface area contributed by atoms with Crippen molar-refractivity contribution in [3.8, 4) is 0 Å². The number of allylic oxidation sites excluding steroid dienone is 1. The first-order valence-corrected chi connectivity index (χ1v) is 3.89. The van der Waals surface area contributed by atoms with Gasteiger partial charge in [-0.1, -0.05) is 0 Å². The van der Waals surface area contributed by atoms with Crippen LogP contribution in [0.1, 0.15) is 0 Å². The van der Waals surface area contributed by atoms with E-state index in [4.69, 9.17) is 0 Å². The van der Waals surface area contributed by atoms with Crippen LogP contribution in [0.3, 0.4) is 0 Å². The third kappa shape index (κ3) is 1.00. The molecule has 0 unspecified atom stereocenters. The molecule has 0 saturated heterocycles. The van der Waals surface area contributed by atoms with Crippen molar-refractivity contribution in [3.05, 3.63) is 23.0 Å². The molecule has 1 aliphatic carbocycles. The van der Waals surface area contributed by atoms with Crippen LogP contribution < -0.4 is 5.43 Å². The summed E-state index contributed by atoms with van der Waals surface area (Å²) in [4.78, 5) is 0. The predicted octanol–water partition coefficient (Wildman–Crippen LogP) is 0.203. The van der Waals surface area contributed by atoms with Crippen molar-refractivity contribution in [2.45, 2.75) is 0 Å². The molecule has 68 valence electrons. The molecule has 0 spiro atoms. The number of likely N-dealkylation sites (N-methyl/N-ethyl adjacent to an activating group) is 1. The fourth-order valence-electron chi connectivity index (χ4n) is 1.32. The maximum absolute atomic E-state index is 9.26. The number of fused-ring (bicyclic) bond motifs is 1. The van der Waals surface area contributed by atoms with Crippen LogP contribution in [0, 0.1) is 0 Å². The minimum Gasteiger partial charge on any atom is -0.508 e. The van der Waals surface area contributed by atoms with Gasteiger partial charge in [0, 0.05) is 24.9 Å². The lowest BCUT2D eigenvalue weighted by molar-refractivity contribution is 0.412. The summed E-state index contributed by atoms with van der Waals surface area (Å²) in [6.07, 6.45) is 1.68. The molecule has 0 aromatic heterocycles. The van der Waals surface area contributed by atoms with Gasteiger partial charge < -0.3 is 10.5 Å². The van der Waals surface area contributed by atoms with E-state index < -0.39 is 0 Å². The van der Waals surface area contributed by atoms with Crippen LogP contribution in [0.2, 0.25) is 0 Å². The highest BCUT2D eigenvalue weighted by molar-refractivity contribution is 6.05. The molecule has 1 heterocycles. The highest BCUT2D eigenvalue weighted by atomic mass is 16.3. The average molecular weight is 178 g/mol. The average Bonchev–Trinajstić information content (AvgIpc) is 2.15. The van der Waals surface area contributed by atoms with E-state index in [9.17, 15) is 5.11 Å². The number of nitrogens with one attached hydrogen (secondary N) is 1. The van der Waals surface area contributed by atoms with Gasteiger partial charge in [0.2, 0.25) is 0 Å². The summed E-state index contributed by atoms with van der Waals surface area (Å²) < 4.78 is 0. The van der Waals surface area contributed by atoms with Gasteiger partial charge in [-0.2, -0.15) is 10.2 Å². The maximum atomic E-state index is 9.26. The van der Waals surface area contributed by atoms with Gasteiger partial charge in [-0.3, -0.25) is 0 Å². The van der Waals surface area contributed by atoms with E-state index in [0.29, 0.717) is 18.1 Å². The van der Waals surface area contributed by atoms with Crippen LogP contribution >= 0.6 is 0 Å². The van der Waals surface area contributed by atoms with Gasteiger partial charge in [-0.25, -0.2) is 5.01 Å². The molecule has 5 heteroatoms. The van der Waals surface area contributed by atoms with Crippen LogP contribution in [0.5, 0.6) is 0 Å². The molecule has 0 fully saturated rings. The Balaban J connectivity index is 2.27. The maximum Gasteiger partial charge on any atom is 0.176 e. The summed E-state index contributed by atoms with van der Waals surface area (Å²) in [5.74, 6) is 1.02. The van der Waals surface area contributed by atoms with E-state index in [0.717, 1.165) is 11.1 Å². The van der Waals surface area contributed by atoms with Crippen molar-refractivity contribution in [2.24, 2.45) is 10.2 Å². The van der Waals surface area contributed by atoms with E-state index >= 15 is 0 Å². The first-order valence-electron chi connectivity index (χ1n) is 3.89. The van der Waals surface area contributed by atoms with Gasteiger partial charge in [0.25, 0.3) is 0 Å². The Kier molecular flexibility index (Phi) is 1.58. The molecule has 2 N–H and O–H groups in total. The summed E-state index contributed by atoms with van der Waals surface area (Å²) in [6.45, 7) is 3.98. The fraction of sp³-hybridized carbons (Fsp3) is 0.250. The Morgan fingerprint density at radius 1 is 1.77 bits per heavy atom. The first kappa shape index (κ1) is 7.85. The molecule has 1 aliphatic heterocycles. The topological polar surface area (TPSA) is 60.2 Å². The molecule has 0 aromatic carbocycles. The van der Waals surface area contributed by atoms with Gasteiger partial charge in [-0.15, -0.1) is 0 Å². The zero-order valence-electron chi connectivity index (χ0n) is 7.28. The number of aliphatic hydroxyl groups excluding tert-OH is 1. The van der Waals surface area contributed by atoms with E-state index in [-0.39, 0.29) is 0 Å². The quantitative estimate of drug-likeness (QED) is 0.445. The van der Waals surface area contributed by atoms with Gasteiger partial charge in [0.15, 0.2) is 5.84 Å². The molecule has 0 bridgehead atoms. The highest BCUT2D eigenvalue weighted by Gasteiger charge is 2.28. The Hall–Kier alpha value is -1.78. The zero-order chi connectivity index (χ0) is 9.42. The standard InChI is InChI=1S/C8H10N4O/c1-9-12(2)8-5-3-7(13)6(5)4-10-11-8/h3,10,13H,1,4H2,2H3. The van der Waals surface area contributed by atoms with Gasteiger partial charge in [0.05, 0.1) is 6.54 Å². The van der Waals surface area contributed by atoms with E-state index in [2.05, 4.69) is 22.3 Å². The zero-order valence-corrected chi connectivity index (χ0v) is 7.28. The second kappa shape index (κ2) is 2.62. The molecule has 0 atom stereocenters. The third-order valence-electron chi connectivity index (χ3n) is 2.12. The minimum atomic E-state index is 0.326. The van der Waals surface area contributed by atoms with Crippen molar-refractivity contribution in [2.75, 3.05) is 13.6 Å². The molecular weight excluding hydrogens is 168 g/mol. The smallest absolute Gasteiger partial charge is 0.176 e. The van der Waals surface area contributed by atoms with Crippen LogP contribution in [-0.4, -0.2) is 36.3 Å². The SMILES string of the molecule is C=NN(C)C1=NNCC2=C(O)C=C12. The van der Waals surface area contributed by atoms with Crippen molar-refractivity contribution < 1.29 is 5.11 Å². The number of hydrazone groups is 2. The van der Waals surface area contributed by atoms with Crippen molar-refractivity contribution in [3.63, 3.8) is 0 Å². The molecule has 0 radical (unpaired) electrons. The molecule has 0 aromatic rings. The fourth-order valence-corrected chi connectivity index (χ4v) is 1.32. The van der Waals surface area contributed by atoms with Crippen LogP contribution in [0.25, 0.3) is 0 Å². The van der Waals surface area contributed by atoms with E-state index in [1.54, 1.807) is 18.1 Å². The predicted molar refractivity (Wildman–Crippen MR) is 50.5 cm³/mol. The lowest BCUT2D eigenvalue weighted by atomic mass is 9.92. The van der Waals surface area contributed by atoms with Gasteiger partial charge in [-0.05, 0) is 6.08 Å². The largest absolute Gasteiger partial charge is 0.508 e. The molecular formula is C8H10N4O. The van der Waals surface area contributed by atoms with Crippen molar-refractivity contribution in [1.82, 2.24) is 10.4 Å². The number of nitrogens with zero attached hydrogens (tertiary/aromatic N) is 3. The molecule has 0 amide bonds. The Morgan fingerprint density at radius 3 is 3.15 bits per heavy atom. The van der Waals surface area contributed by atoms with Crippen molar-refractivity contribution >= 4 is 12.6 Å². The summed E-state index contributed by atoms with van der Waals surface area (Å²) in [7, 11) is 1.76. The summed E-state index contributed by atoms with van der Waals surface area (Å²) >= 11 is 0. The molecule has 2 rings (SSSR count). The van der Waals surface area contributed by atoms with Crippen molar-refractivity contribution in [1.29, 1.82) is 0 Å². The first-order chi connectivity index (χ1) is 6.24. The normalized spacial score (nSPS) is 19.2. The Morgan fingerprint density at radius 2 is 2.54 bits per heavy atom. The highest BCUT2D eigenvalue weighted by Crippen LogP contribution is 2.29. The van der Waals surface area contributed by atoms with Crippen LogP contribution in [0.4, 0.5) is 0 Å². The molecule has 0 saturated carbocycles. The monoisotopic (exact) mass is 178 g/mol. The van der Waals surface area contributed by atoms with Crippen LogP contribution in [-0.2, 0) is 0 Å². The Labute approximate surface area is 75.7 Å². The molecule has 5 nitrogen and oxygen atoms in total. The van der Waals surface area contributed by atoms with Gasteiger partial charge >= 0.3 is 0 Å². The molecule has 2 aliphatic rings. The number of aliphatic hydroxyl groups is 1. The minimum absolute atomic E-state index is 0.326. The summed E-state index contributed by atoms with van der Waals surface area (Å²) in [5, 5.41) is 18.6. The number of rotatable bonds is 1. The number of hydrogen-bond acceptors (Lipinski definition) is 5. The summed E-state index contributed by atoms with van der Waals surface area (Å²) in [5.41, 5.74) is 4.64. The van der Waals surface area contributed by atoms with E-state index in [1.165, 1.54) is 0 Å².